The van der Waals surface area contributed by atoms with Crippen LogP contribution in [0.2, 0.25) is 0 Å². The predicted molar refractivity (Wildman–Crippen MR) is 114 cm³/mol. The van der Waals surface area contributed by atoms with Crippen molar-refractivity contribution >= 4 is 16.9 Å². The van der Waals surface area contributed by atoms with Gasteiger partial charge in [0.2, 0.25) is 5.91 Å². The number of aryl methyl sites for hydroxylation is 2. The molecule has 1 N–H and O–H groups in total. The topological polar surface area (TPSA) is 71.2 Å². The maximum atomic E-state index is 13.0. The average Bonchev–Trinajstić information content (AvgIpc) is 3.20. The highest BCUT2D eigenvalue weighted by atomic mass is 19.4. The Morgan fingerprint density at radius 3 is 2.53 bits per heavy atom. The molecule has 1 aliphatic rings. The zero-order chi connectivity index (χ0) is 23.4. The Hall–Kier alpha value is -3.10. The van der Waals surface area contributed by atoms with E-state index >= 15 is 0 Å². The molecule has 0 spiro atoms. The first-order valence-corrected chi connectivity index (χ1v) is 10.5. The van der Waals surface area contributed by atoms with E-state index in [9.17, 15) is 23.1 Å². The van der Waals surface area contributed by atoms with Crippen LogP contribution in [0.5, 0.6) is 5.75 Å². The Labute approximate surface area is 183 Å². The summed E-state index contributed by atoms with van der Waals surface area (Å²) in [4.78, 5) is 18.6. The van der Waals surface area contributed by atoms with Crippen LogP contribution in [0.25, 0.3) is 22.3 Å². The number of rotatable bonds is 4. The summed E-state index contributed by atoms with van der Waals surface area (Å²) >= 11 is 0. The van der Waals surface area contributed by atoms with Crippen LogP contribution in [0.15, 0.2) is 24.3 Å². The molecule has 0 bridgehead atoms. The number of phenolic OH excluding ortho intramolecular Hbond substituents is 1. The fourth-order valence-corrected chi connectivity index (χ4v) is 4.39. The maximum absolute atomic E-state index is 13.0. The van der Waals surface area contributed by atoms with Gasteiger partial charge >= 0.3 is 6.18 Å². The van der Waals surface area contributed by atoms with E-state index in [2.05, 4.69) is 10.1 Å². The van der Waals surface area contributed by atoms with Gasteiger partial charge in [0.15, 0.2) is 5.65 Å². The second-order valence-corrected chi connectivity index (χ2v) is 8.73. The molecule has 32 heavy (non-hydrogen) atoms. The van der Waals surface area contributed by atoms with Crippen LogP contribution in [0.3, 0.4) is 0 Å². The van der Waals surface area contributed by atoms with Gasteiger partial charge in [0, 0.05) is 48.1 Å². The highest BCUT2D eigenvalue weighted by molar-refractivity contribution is 5.83. The monoisotopic (exact) mass is 446 g/mol. The lowest BCUT2D eigenvalue weighted by Crippen LogP contribution is -2.32. The van der Waals surface area contributed by atoms with Gasteiger partial charge < -0.3 is 10.0 Å². The Morgan fingerprint density at radius 2 is 1.94 bits per heavy atom. The van der Waals surface area contributed by atoms with Crippen molar-refractivity contribution in [3.8, 4) is 17.0 Å². The van der Waals surface area contributed by atoms with Crippen molar-refractivity contribution in [2.24, 2.45) is 5.92 Å². The van der Waals surface area contributed by atoms with Crippen molar-refractivity contribution in [2.75, 3.05) is 6.54 Å². The summed E-state index contributed by atoms with van der Waals surface area (Å²) in [5, 5.41) is 15.7. The smallest absolute Gasteiger partial charge is 0.416 e. The molecular formula is C23H25F3N4O2. The van der Waals surface area contributed by atoms with E-state index in [4.69, 9.17) is 0 Å². The number of fused-ring (bicyclic) bond motifs is 1. The molecule has 1 saturated heterocycles. The summed E-state index contributed by atoms with van der Waals surface area (Å²) in [5.74, 6) is -0.176. The third kappa shape index (κ3) is 3.91. The third-order valence-electron chi connectivity index (χ3n) is 6.06. The van der Waals surface area contributed by atoms with Crippen LogP contribution in [-0.2, 0) is 17.5 Å². The van der Waals surface area contributed by atoms with E-state index in [0.29, 0.717) is 30.9 Å². The highest BCUT2D eigenvalue weighted by Crippen LogP contribution is 2.39. The minimum Gasteiger partial charge on any atom is -0.507 e. The van der Waals surface area contributed by atoms with E-state index in [-0.39, 0.29) is 29.0 Å². The molecule has 1 aromatic carbocycles. The number of likely N-dealkylation sites (tertiary alicyclic amines) is 1. The standard InChI is InChI=1S/C23H25F3N4O2/c1-12(2)29-10-15(8-20(29)32)11-30-14(4)17-5-6-18(27-22(17)28-30)21-13(3)7-16(9-19(21)31)23(24,25)26/h5-7,9,12,15,31H,8,10-11H2,1-4H3. The molecule has 1 unspecified atom stereocenters. The van der Waals surface area contributed by atoms with Gasteiger partial charge in [0.1, 0.15) is 5.75 Å². The van der Waals surface area contributed by atoms with Gasteiger partial charge in [-0.15, -0.1) is 0 Å². The summed E-state index contributed by atoms with van der Waals surface area (Å²) in [6.07, 6.45) is -4.06. The lowest BCUT2D eigenvalue weighted by molar-refractivity contribution is -0.137. The van der Waals surface area contributed by atoms with Crippen LogP contribution in [0.1, 0.15) is 37.1 Å². The molecule has 3 aromatic rings. The van der Waals surface area contributed by atoms with E-state index in [1.54, 1.807) is 6.07 Å². The fourth-order valence-electron chi connectivity index (χ4n) is 4.39. The summed E-state index contributed by atoms with van der Waals surface area (Å²) in [6, 6.07) is 5.37. The van der Waals surface area contributed by atoms with Gasteiger partial charge in [-0.05, 0) is 57.5 Å². The second kappa shape index (κ2) is 7.79. The molecule has 0 radical (unpaired) electrons. The second-order valence-electron chi connectivity index (χ2n) is 8.73. The number of halogens is 3. The van der Waals surface area contributed by atoms with Crippen LogP contribution in [-0.4, -0.2) is 43.3 Å². The summed E-state index contributed by atoms with van der Waals surface area (Å²) in [5.41, 5.74) is 1.33. The van der Waals surface area contributed by atoms with Gasteiger partial charge in [0.25, 0.3) is 0 Å². The molecule has 1 fully saturated rings. The van der Waals surface area contributed by atoms with Gasteiger partial charge in [-0.1, -0.05) is 0 Å². The Kier molecular flexibility index (Phi) is 5.38. The first-order chi connectivity index (χ1) is 15.0. The molecule has 6 nitrogen and oxygen atoms in total. The fraction of sp³-hybridized carbons (Fsp3) is 0.435. The molecule has 1 atom stereocenters. The zero-order valence-electron chi connectivity index (χ0n) is 18.4. The third-order valence-corrected chi connectivity index (χ3v) is 6.06. The van der Waals surface area contributed by atoms with Gasteiger partial charge in [0.05, 0.1) is 11.3 Å². The predicted octanol–water partition coefficient (Wildman–Crippen LogP) is 4.70. The van der Waals surface area contributed by atoms with E-state index in [1.807, 2.05) is 36.4 Å². The lowest BCUT2D eigenvalue weighted by Gasteiger charge is -2.21. The Balaban J connectivity index is 1.66. The van der Waals surface area contributed by atoms with Crippen LogP contribution in [0.4, 0.5) is 13.2 Å². The normalized spacial score (nSPS) is 17.2. The van der Waals surface area contributed by atoms with Crippen molar-refractivity contribution in [1.29, 1.82) is 0 Å². The lowest BCUT2D eigenvalue weighted by atomic mass is 10.00. The van der Waals surface area contributed by atoms with Crippen LogP contribution < -0.4 is 0 Å². The molecule has 0 saturated carbocycles. The summed E-state index contributed by atoms with van der Waals surface area (Å²) < 4.78 is 40.9. The van der Waals surface area contributed by atoms with Crippen molar-refractivity contribution < 1.29 is 23.1 Å². The highest BCUT2D eigenvalue weighted by Gasteiger charge is 2.33. The number of aromatic nitrogens is 3. The minimum absolute atomic E-state index is 0.146. The molecule has 1 amide bonds. The average molecular weight is 446 g/mol. The number of benzene rings is 1. The van der Waals surface area contributed by atoms with E-state index in [1.165, 1.54) is 6.92 Å². The van der Waals surface area contributed by atoms with Crippen LogP contribution >= 0.6 is 0 Å². The molecule has 1 aliphatic heterocycles. The quantitative estimate of drug-likeness (QED) is 0.631. The molecular weight excluding hydrogens is 421 g/mol. The van der Waals surface area contributed by atoms with Gasteiger partial charge in [-0.3, -0.25) is 9.48 Å². The summed E-state index contributed by atoms with van der Waals surface area (Å²) in [6.45, 7) is 8.70. The number of carbonyl (C=O) groups excluding carboxylic acids is 1. The van der Waals surface area contributed by atoms with Crippen molar-refractivity contribution in [1.82, 2.24) is 19.7 Å². The number of alkyl halides is 3. The molecule has 4 rings (SSSR count). The summed E-state index contributed by atoms with van der Waals surface area (Å²) in [7, 11) is 0. The number of carbonyl (C=O) groups is 1. The number of amides is 1. The molecule has 9 heteroatoms. The number of nitrogens with zero attached hydrogens (tertiary/aromatic N) is 4. The molecule has 170 valence electrons. The van der Waals surface area contributed by atoms with Crippen molar-refractivity contribution in [2.45, 2.75) is 52.9 Å². The van der Waals surface area contributed by atoms with Crippen molar-refractivity contribution in [3.05, 3.63) is 41.1 Å². The Morgan fingerprint density at radius 1 is 1.22 bits per heavy atom. The zero-order valence-corrected chi connectivity index (χ0v) is 18.4. The van der Waals surface area contributed by atoms with Crippen molar-refractivity contribution in [3.63, 3.8) is 0 Å². The number of pyridine rings is 1. The largest absolute Gasteiger partial charge is 0.507 e. The van der Waals surface area contributed by atoms with E-state index in [0.717, 1.165) is 23.2 Å². The maximum Gasteiger partial charge on any atom is 0.416 e. The van der Waals surface area contributed by atoms with Gasteiger partial charge in [-0.25, -0.2) is 4.98 Å². The SMILES string of the molecule is Cc1cc(C(F)(F)F)cc(O)c1-c1ccc2c(C)n(CC3CC(=O)N(C(C)C)C3)nc2n1. The van der Waals surface area contributed by atoms with Crippen LogP contribution in [0, 0.1) is 19.8 Å². The molecule has 2 aromatic heterocycles. The van der Waals surface area contributed by atoms with Gasteiger partial charge in [-0.2, -0.15) is 18.3 Å². The molecule has 3 heterocycles. The minimum atomic E-state index is -4.54. The number of hydrogen-bond acceptors (Lipinski definition) is 4. The number of hydrogen-bond donors (Lipinski definition) is 1. The first kappa shape index (κ1) is 22.1. The number of aromatic hydroxyl groups is 1. The Bertz CT molecular complexity index is 1180. The first-order valence-electron chi connectivity index (χ1n) is 10.5. The molecule has 0 aliphatic carbocycles. The van der Waals surface area contributed by atoms with E-state index < -0.39 is 17.5 Å². The number of phenols is 1.